The molecule has 0 bridgehead atoms. The van der Waals surface area contributed by atoms with Crippen LogP contribution in [0, 0.1) is 0 Å². The molecule has 0 saturated carbocycles. The largest absolute Gasteiger partial charge is 0.494 e. The van der Waals surface area contributed by atoms with Crippen LogP contribution in [-0.4, -0.2) is 34.1 Å². The Balaban J connectivity index is 1.48. The molecule has 9 heteroatoms. The number of fused-ring (bicyclic) bond motifs is 1. The second-order valence-corrected chi connectivity index (χ2v) is 9.00. The lowest BCUT2D eigenvalue weighted by atomic mass is 10.2. The summed E-state index contributed by atoms with van der Waals surface area (Å²) in [6.07, 6.45) is 0.881. The van der Waals surface area contributed by atoms with Gasteiger partial charge in [-0.15, -0.1) is 0 Å². The SMILES string of the molecule is CCCOc1cccc(NC(=O)c2cccc(NS(=O)(=O)c3ccc4c(c3)OCCO4)c2)c1. The molecule has 0 atom stereocenters. The lowest BCUT2D eigenvalue weighted by Gasteiger charge is -2.19. The second kappa shape index (κ2) is 9.83. The van der Waals surface area contributed by atoms with E-state index in [2.05, 4.69) is 10.0 Å². The molecule has 0 fully saturated rings. The third-order valence-corrected chi connectivity index (χ3v) is 6.14. The van der Waals surface area contributed by atoms with Crippen LogP contribution < -0.4 is 24.2 Å². The average Bonchev–Trinajstić information content (AvgIpc) is 2.82. The van der Waals surface area contributed by atoms with Crippen LogP contribution in [-0.2, 0) is 10.0 Å². The molecule has 3 aromatic rings. The summed E-state index contributed by atoms with van der Waals surface area (Å²) in [4.78, 5) is 12.8. The molecule has 0 saturated heterocycles. The fourth-order valence-corrected chi connectivity index (χ4v) is 4.28. The third-order valence-electron chi connectivity index (χ3n) is 4.77. The van der Waals surface area contributed by atoms with Crippen LogP contribution in [0.1, 0.15) is 23.7 Å². The Bertz CT molecular complexity index is 1260. The highest BCUT2D eigenvalue weighted by Gasteiger charge is 2.20. The summed E-state index contributed by atoms with van der Waals surface area (Å²) in [6, 6.07) is 17.8. The first-order valence-corrected chi connectivity index (χ1v) is 12.0. The van der Waals surface area contributed by atoms with E-state index in [4.69, 9.17) is 14.2 Å². The molecule has 3 aromatic carbocycles. The van der Waals surface area contributed by atoms with Crippen molar-refractivity contribution in [3.63, 3.8) is 0 Å². The summed E-state index contributed by atoms with van der Waals surface area (Å²) in [7, 11) is -3.90. The first kappa shape index (κ1) is 22.5. The number of amides is 1. The van der Waals surface area contributed by atoms with Crippen molar-refractivity contribution < 1.29 is 27.4 Å². The minimum Gasteiger partial charge on any atom is -0.494 e. The molecule has 33 heavy (non-hydrogen) atoms. The number of carbonyl (C=O) groups excluding carboxylic acids is 1. The molecule has 0 aromatic heterocycles. The van der Waals surface area contributed by atoms with Gasteiger partial charge in [0, 0.05) is 29.1 Å². The molecular formula is C24H24N2O6S. The van der Waals surface area contributed by atoms with Gasteiger partial charge in [-0.3, -0.25) is 9.52 Å². The molecule has 8 nitrogen and oxygen atoms in total. The van der Waals surface area contributed by atoms with Crippen molar-refractivity contribution in [2.24, 2.45) is 0 Å². The zero-order chi connectivity index (χ0) is 23.3. The van der Waals surface area contributed by atoms with E-state index in [-0.39, 0.29) is 16.5 Å². The van der Waals surface area contributed by atoms with Crippen LogP contribution >= 0.6 is 0 Å². The van der Waals surface area contributed by atoms with Crippen LogP contribution in [0.15, 0.2) is 71.6 Å². The van der Waals surface area contributed by atoms with Gasteiger partial charge in [0.1, 0.15) is 19.0 Å². The molecule has 4 rings (SSSR count). The zero-order valence-electron chi connectivity index (χ0n) is 18.0. The number of nitrogens with one attached hydrogen (secondary N) is 2. The molecule has 1 aliphatic heterocycles. The van der Waals surface area contributed by atoms with Gasteiger partial charge in [0.05, 0.1) is 11.5 Å². The zero-order valence-corrected chi connectivity index (χ0v) is 18.9. The van der Waals surface area contributed by atoms with Crippen LogP contribution in [0.4, 0.5) is 11.4 Å². The van der Waals surface area contributed by atoms with Crippen LogP contribution in [0.5, 0.6) is 17.2 Å². The number of anilines is 2. The molecular weight excluding hydrogens is 444 g/mol. The van der Waals surface area contributed by atoms with E-state index < -0.39 is 10.0 Å². The van der Waals surface area contributed by atoms with E-state index in [1.165, 1.54) is 18.2 Å². The van der Waals surface area contributed by atoms with E-state index in [0.29, 0.717) is 48.3 Å². The summed E-state index contributed by atoms with van der Waals surface area (Å²) in [6.45, 7) is 3.38. The van der Waals surface area contributed by atoms with Crippen molar-refractivity contribution in [3.8, 4) is 17.2 Å². The summed E-state index contributed by atoms with van der Waals surface area (Å²) < 4.78 is 44.7. The minimum atomic E-state index is -3.90. The Labute approximate surface area is 192 Å². The van der Waals surface area contributed by atoms with Gasteiger partial charge in [-0.25, -0.2) is 8.42 Å². The van der Waals surface area contributed by atoms with Gasteiger partial charge in [0.25, 0.3) is 15.9 Å². The standard InChI is InChI=1S/C24H24N2O6S/c1-2-11-30-20-8-4-6-18(15-20)25-24(27)17-5-3-7-19(14-17)26-33(28,29)21-9-10-22-23(16-21)32-13-12-31-22/h3-10,14-16,26H,2,11-13H2,1H3,(H,25,27). The quantitative estimate of drug-likeness (QED) is 0.511. The predicted octanol–water partition coefficient (Wildman–Crippen LogP) is 4.30. The summed E-state index contributed by atoms with van der Waals surface area (Å²) >= 11 is 0. The van der Waals surface area contributed by atoms with Gasteiger partial charge < -0.3 is 19.5 Å². The Morgan fingerprint density at radius 1 is 0.939 bits per heavy atom. The van der Waals surface area contributed by atoms with Gasteiger partial charge >= 0.3 is 0 Å². The van der Waals surface area contributed by atoms with Crippen molar-refractivity contribution in [2.45, 2.75) is 18.2 Å². The van der Waals surface area contributed by atoms with Gasteiger partial charge in [0.15, 0.2) is 11.5 Å². The highest BCUT2D eigenvalue weighted by Crippen LogP contribution is 2.32. The van der Waals surface area contributed by atoms with Crippen molar-refractivity contribution in [1.29, 1.82) is 0 Å². The number of sulfonamides is 1. The maximum Gasteiger partial charge on any atom is 0.262 e. The average molecular weight is 469 g/mol. The van der Waals surface area contributed by atoms with E-state index in [1.54, 1.807) is 42.5 Å². The summed E-state index contributed by atoms with van der Waals surface area (Å²) in [5, 5.41) is 2.80. The highest BCUT2D eigenvalue weighted by molar-refractivity contribution is 7.92. The summed E-state index contributed by atoms with van der Waals surface area (Å²) in [5.41, 5.74) is 1.14. The molecule has 0 aliphatic carbocycles. The minimum absolute atomic E-state index is 0.0329. The topological polar surface area (TPSA) is 103 Å². The number of hydrogen-bond acceptors (Lipinski definition) is 6. The maximum absolute atomic E-state index is 12.9. The molecule has 0 unspecified atom stereocenters. The number of ether oxygens (including phenoxy) is 3. The fraction of sp³-hybridized carbons (Fsp3) is 0.208. The molecule has 0 spiro atoms. The molecule has 1 aliphatic rings. The van der Waals surface area contributed by atoms with Gasteiger partial charge in [-0.1, -0.05) is 19.1 Å². The Morgan fingerprint density at radius 2 is 1.70 bits per heavy atom. The first-order chi connectivity index (χ1) is 15.9. The number of carbonyl (C=O) groups is 1. The van der Waals surface area contributed by atoms with E-state index in [9.17, 15) is 13.2 Å². The van der Waals surface area contributed by atoms with Crippen molar-refractivity contribution in [3.05, 3.63) is 72.3 Å². The van der Waals surface area contributed by atoms with Gasteiger partial charge in [0.2, 0.25) is 0 Å². The molecule has 0 radical (unpaired) electrons. The third kappa shape index (κ3) is 5.56. The predicted molar refractivity (Wildman–Crippen MR) is 125 cm³/mol. The van der Waals surface area contributed by atoms with E-state index in [1.807, 2.05) is 13.0 Å². The number of hydrogen-bond donors (Lipinski definition) is 2. The van der Waals surface area contributed by atoms with Gasteiger partial charge in [-0.05, 0) is 48.9 Å². The van der Waals surface area contributed by atoms with E-state index in [0.717, 1.165) is 6.42 Å². The van der Waals surface area contributed by atoms with Crippen molar-refractivity contribution >= 4 is 27.3 Å². The van der Waals surface area contributed by atoms with Crippen molar-refractivity contribution in [2.75, 3.05) is 29.9 Å². The summed E-state index contributed by atoms with van der Waals surface area (Å²) in [5.74, 6) is 1.17. The lowest BCUT2D eigenvalue weighted by Crippen LogP contribution is -2.17. The number of rotatable bonds is 8. The molecule has 2 N–H and O–H groups in total. The second-order valence-electron chi connectivity index (χ2n) is 7.32. The lowest BCUT2D eigenvalue weighted by molar-refractivity contribution is 0.102. The Morgan fingerprint density at radius 3 is 2.52 bits per heavy atom. The first-order valence-electron chi connectivity index (χ1n) is 10.5. The van der Waals surface area contributed by atoms with Crippen LogP contribution in [0.2, 0.25) is 0 Å². The molecule has 1 amide bonds. The fourth-order valence-electron chi connectivity index (χ4n) is 3.22. The Kier molecular flexibility index (Phi) is 6.69. The highest BCUT2D eigenvalue weighted by atomic mass is 32.2. The smallest absolute Gasteiger partial charge is 0.262 e. The maximum atomic E-state index is 12.9. The van der Waals surface area contributed by atoms with Crippen LogP contribution in [0.25, 0.3) is 0 Å². The normalized spacial score (nSPS) is 12.6. The van der Waals surface area contributed by atoms with Gasteiger partial charge in [-0.2, -0.15) is 0 Å². The molecule has 1 heterocycles. The van der Waals surface area contributed by atoms with Crippen molar-refractivity contribution in [1.82, 2.24) is 0 Å². The number of benzene rings is 3. The van der Waals surface area contributed by atoms with E-state index >= 15 is 0 Å². The molecule has 172 valence electrons. The monoisotopic (exact) mass is 468 g/mol. The Hall–Kier alpha value is -3.72. The van der Waals surface area contributed by atoms with Crippen LogP contribution in [0.3, 0.4) is 0 Å².